The maximum atomic E-state index is 11.7. The maximum absolute atomic E-state index is 11.7. The van der Waals surface area contributed by atoms with Crippen LogP contribution < -0.4 is 0 Å². The van der Waals surface area contributed by atoms with Crippen LogP contribution in [0, 0.1) is 0 Å². The fourth-order valence-electron chi connectivity index (χ4n) is 2.51. The molecule has 0 bridgehead atoms. The van der Waals surface area contributed by atoms with Gasteiger partial charge in [-0.25, -0.2) is 0 Å². The van der Waals surface area contributed by atoms with Crippen molar-refractivity contribution in [1.29, 1.82) is 0 Å². The van der Waals surface area contributed by atoms with Gasteiger partial charge in [0.15, 0.2) is 0 Å². The van der Waals surface area contributed by atoms with Gasteiger partial charge in [-0.05, 0) is 11.1 Å². The van der Waals surface area contributed by atoms with Gasteiger partial charge in [0.05, 0.1) is 25.7 Å². The molecule has 1 aliphatic heterocycles. The first kappa shape index (κ1) is 15.7. The molecule has 120 valence electrons. The molecule has 1 fully saturated rings. The second-order valence-electron chi connectivity index (χ2n) is 5.57. The molecule has 2 atom stereocenters. The van der Waals surface area contributed by atoms with Gasteiger partial charge < -0.3 is 14.2 Å². The standard InChI is InChI=1S/C19H20O4/c20-18-11-17(21-13-15-7-3-1-4-8-15)12-19(23-18)22-14-16-9-5-2-6-10-16/h1-10,17,19H,11-14H2. The van der Waals surface area contributed by atoms with Crippen LogP contribution in [-0.4, -0.2) is 18.4 Å². The number of ether oxygens (including phenoxy) is 3. The van der Waals surface area contributed by atoms with Crippen molar-refractivity contribution in [2.45, 2.75) is 38.4 Å². The van der Waals surface area contributed by atoms with Gasteiger partial charge in [-0.2, -0.15) is 0 Å². The van der Waals surface area contributed by atoms with Crippen molar-refractivity contribution in [3.63, 3.8) is 0 Å². The molecule has 0 N–H and O–H groups in total. The summed E-state index contributed by atoms with van der Waals surface area (Å²) in [6.07, 6.45) is 0.123. The summed E-state index contributed by atoms with van der Waals surface area (Å²) in [6, 6.07) is 19.7. The van der Waals surface area contributed by atoms with E-state index in [4.69, 9.17) is 14.2 Å². The Morgan fingerprint density at radius 2 is 1.43 bits per heavy atom. The molecule has 1 heterocycles. The molecule has 2 aromatic rings. The molecular weight excluding hydrogens is 292 g/mol. The van der Waals surface area contributed by atoms with Crippen LogP contribution in [-0.2, 0) is 32.2 Å². The van der Waals surface area contributed by atoms with Crippen molar-refractivity contribution in [2.24, 2.45) is 0 Å². The predicted octanol–water partition coefficient (Wildman–Crippen LogP) is 3.45. The smallest absolute Gasteiger partial charge is 0.310 e. The lowest BCUT2D eigenvalue weighted by molar-refractivity contribution is -0.207. The van der Waals surface area contributed by atoms with E-state index in [2.05, 4.69) is 0 Å². The van der Waals surface area contributed by atoms with E-state index in [0.717, 1.165) is 11.1 Å². The summed E-state index contributed by atoms with van der Waals surface area (Å²) in [6.45, 7) is 0.911. The summed E-state index contributed by atoms with van der Waals surface area (Å²) in [5, 5.41) is 0. The molecule has 4 heteroatoms. The molecule has 0 radical (unpaired) electrons. The third-order valence-electron chi connectivity index (χ3n) is 3.72. The minimum atomic E-state index is -0.544. The number of benzene rings is 2. The zero-order chi connectivity index (χ0) is 15.9. The summed E-state index contributed by atoms with van der Waals surface area (Å²) in [5.74, 6) is -0.271. The van der Waals surface area contributed by atoms with Crippen LogP contribution >= 0.6 is 0 Å². The lowest BCUT2D eigenvalue weighted by Gasteiger charge is -2.28. The highest BCUT2D eigenvalue weighted by Crippen LogP contribution is 2.21. The zero-order valence-corrected chi connectivity index (χ0v) is 12.9. The van der Waals surface area contributed by atoms with Gasteiger partial charge in [0, 0.05) is 6.42 Å². The molecule has 0 amide bonds. The van der Waals surface area contributed by atoms with E-state index < -0.39 is 6.29 Å². The summed E-state index contributed by atoms with van der Waals surface area (Å²) in [7, 11) is 0. The van der Waals surface area contributed by atoms with Gasteiger partial charge in [-0.15, -0.1) is 0 Å². The highest BCUT2D eigenvalue weighted by atomic mass is 16.7. The quantitative estimate of drug-likeness (QED) is 0.766. The van der Waals surface area contributed by atoms with Crippen LogP contribution in [0.25, 0.3) is 0 Å². The molecule has 2 unspecified atom stereocenters. The largest absolute Gasteiger partial charge is 0.436 e. The minimum Gasteiger partial charge on any atom is -0.436 e. The molecule has 2 aromatic carbocycles. The summed E-state index contributed by atoms with van der Waals surface area (Å²) in [4.78, 5) is 11.7. The fourth-order valence-corrected chi connectivity index (χ4v) is 2.51. The molecule has 0 spiro atoms. The van der Waals surface area contributed by atoms with Gasteiger partial charge in [0.25, 0.3) is 0 Å². The fraction of sp³-hybridized carbons (Fsp3) is 0.316. The number of hydrogen-bond acceptors (Lipinski definition) is 4. The van der Waals surface area contributed by atoms with Crippen molar-refractivity contribution in [2.75, 3.05) is 0 Å². The van der Waals surface area contributed by atoms with E-state index in [9.17, 15) is 4.79 Å². The third-order valence-corrected chi connectivity index (χ3v) is 3.72. The predicted molar refractivity (Wildman–Crippen MR) is 85.4 cm³/mol. The van der Waals surface area contributed by atoms with Crippen molar-refractivity contribution in [3.05, 3.63) is 71.8 Å². The molecule has 1 aliphatic rings. The topological polar surface area (TPSA) is 44.8 Å². The first-order valence-electron chi connectivity index (χ1n) is 7.80. The Bertz CT molecular complexity index is 558. The van der Waals surface area contributed by atoms with Crippen LogP contribution in [0.5, 0.6) is 0 Å². The van der Waals surface area contributed by atoms with Gasteiger partial charge in [0.1, 0.15) is 0 Å². The maximum Gasteiger partial charge on any atom is 0.310 e. The Hall–Kier alpha value is -2.17. The van der Waals surface area contributed by atoms with Gasteiger partial charge in [-0.1, -0.05) is 60.7 Å². The average molecular weight is 312 g/mol. The van der Waals surface area contributed by atoms with Crippen molar-refractivity contribution < 1.29 is 19.0 Å². The first-order valence-corrected chi connectivity index (χ1v) is 7.80. The zero-order valence-electron chi connectivity index (χ0n) is 12.9. The Kier molecular flexibility index (Phi) is 5.40. The number of cyclic esters (lactones) is 1. The monoisotopic (exact) mass is 312 g/mol. The molecule has 1 saturated heterocycles. The Morgan fingerprint density at radius 3 is 2.04 bits per heavy atom. The number of rotatable bonds is 6. The number of carbonyl (C=O) groups excluding carboxylic acids is 1. The van der Waals surface area contributed by atoms with E-state index in [0.29, 0.717) is 19.6 Å². The lowest BCUT2D eigenvalue weighted by Crippen LogP contribution is -2.35. The van der Waals surface area contributed by atoms with Crippen LogP contribution in [0.2, 0.25) is 0 Å². The second kappa shape index (κ2) is 7.90. The van der Waals surface area contributed by atoms with Crippen LogP contribution in [0.4, 0.5) is 0 Å². The Labute approximate surface area is 136 Å². The summed E-state index contributed by atoms with van der Waals surface area (Å²) in [5.41, 5.74) is 2.14. The molecule has 0 aliphatic carbocycles. The molecule has 3 rings (SSSR count). The van der Waals surface area contributed by atoms with Crippen molar-refractivity contribution in [3.8, 4) is 0 Å². The normalized spacial score (nSPS) is 21.0. The minimum absolute atomic E-state index is 0.169. The Balaban J connectivity index is 1.49. The number of esters is 1. The van der Waals surface area contributed by atoms with Crippen LogP contribution in [0.15, 0.2) is 60.7 Å². The highest BCUT2D eigenvalue weighted by Gasteiger charge is 2.29. The second-order valence-corrected chi connectivity index (χ2v) is 5.57. The van der Waals surface area contributed by atoms with E-state index in [1.165, 1.54) is 0 Å². The van der Waals surface area contributed by atoms with E-state index in [1.807, 2.05) is 60.7 Å². The summed E-state index contributed by atoms with van der Waals surface area (Å²) >= 11 is 0. The van der Waals surface area contributed by atoms with Gasteiger partial charge >= 0.3 is 5.97 Å². The molecule has 0 saturated carbocycles. The molecule has 4 nitrogen and oxygen atoms in total. The van der Waals surface area contributed by atoms with Crippen LogP contribution in [0.1, 0.15) is 24.0 Å². The molecular formula is C19H20O4. The first-order chi connectivity index (χ1) is 11.3. The molecule has 23 heavy (non-hydrogen) atoms. The van der Waals surface area contributed by atoms with Crippen LogP contribution in [0.3, 0.4) is 0 Å². The number of hydrogen-bond donors (Lipinski definition) is 0. The molecule has 0 aromatic heterocycles. The number of carbonyl (C=O) groups is 1. The van der Waals surface area contributed by atoms with E-state index in [1.54, 1.807) is 0 Å². The van der Waals surface area contributed by atoms with Gasteiger partial charge in [-0.3, -0.25) is 4.79 Å². The van der Waals surface area contributed by atoms with E-state index in [-0.39, 0.29) is 18.5 Å². The van der Waals surface area contributed by atoms with E-state index >= 15 is 0 Å². The SMILES string of the molecule is O=C1CC(OCc2ccccc2)CC(OCc2ccccc2)O1. The average Bonchev–Trinajstić information content (AvgIpc) is 2.60. The summed E-state index contributed by atoms with van der Waals surface area (Å²) < 4.78 is 16.8. The third kappa shape index (κ3) is 4.91. The Morgan fingerprint density at radius 1 is 0.870 bits per heavy atom. The van der Waals surface area contributed by atoms with Crippen molar-refractivity contribution in [1.82, 2.24) is 0 Å². The van der Waals surface area contributed by atoms with Crippen molar-refractivity contribution >= 4 is 5.97 Å². The lowest BCUT2D eigenvalue weighted by atomic mass is 10.1. The highest BCUT2D eigenvalue weighted by molar-refractivity contribution is 5.70. The van der Waals surface area contributed by atoms with Gasteiger partial charge in [0.2, 0.25) is 6.29 Å².